The zero-order valence-corrected chi connectivity index (χ0v) is 17.3. The van der Waals surface area contributed by atoms with E-state index in [4.69, 9.17) is 9.47 Å². The number of nitrogens with zero attached hydrogens (tertiary/aromatic N) is 5. The predicted octanol–water partition coefficient (Wildman–Crippen LogP) is 1.86. The van der Waals surface area contributed by atoms with Crippen LogP contribution in [-0.2, 0) is 21.3 Å². The van der Waals surface area contributed by atoms with E-state index < -0.39 is 5.79 Å². The number of anilines is 1. The number of pyridine rings is 1. The van der Waals surface area contributed by atoms with Crippen LogP contribution in [0.3, 0.4) is 0 Å². The average molecular weight is 399 g/mol. The molecule has 2 aromatic heterocycles. The van der Waals surface area contributed by atoms with Gasteiger partial charge in [-0.15, -0.1) is 0 Å². The molecule has 0 atom stereocenters. The Hall–Kier alpha value is -2.19. The molecule has 3 aliphatic heterocycles. The summed E-state index contributed by atoms with van der Waals surface area (Å²) in [5.74, 6) is 0.941. The lowest BCUT2D eigenvalue weighted by Gasteiger charge is -2.40. The summed E-state index contributed by atoms with van der Waals surface area (Å²) in [4.78, 5) is 22.0. The van der Waals surface area contributed by atoms with Crippen LogP contribution in [0.4, 0.5) is 5.82 Å². The fourth-order valence-electron chi connectivity index (χ4n) is 5.06. The molecule has 0 aromatic carbocycles. The summed E-state index contributed by atoms with van der Waals surface area (Å²) in [5, 5.41) is 5.70. The van der Waals surface area contributed by atoms with Gasteiger partial charge in [-0.05, 0) is 25.8 Å². The number of hydrogen-bond donors (Lipinski definition) is 0. The first-order valence-electron chi connectivity index (χ1n) is 10.7. The third kappa shape index (κ3) is 3.28. The van der Waals surface area contributed by atoms with Crippen LogP contribution < -0.4 is 4.90 Å². The molecule has 0 saturated carbocycles. The number of fused-ring (bicyclic) bond motifs is 1. The second-order valence-electron chi connectivity index (χ2n) is 8.43. The van der Waals surface area contributed by atoms with Crippen LogP contribution in [-0.4, -0.2) is 70.8 Å². The number of likely N-dealkylation sites (tertiary alicyclic amines) is 1. The second-order valence-corrected chi connectivity index (χ2v) is 8.43. The fourth-order valence-corrected chi connectivity index (χ4v) is 5.06. The Bertz CT molecular complexity index is 902. The number of carbonyl (C=O) groups is 1. The lowest BCUT2D eigenvalue weighted by atomic mass is 9.93. The molecule has 3 fully saturated rings. The van der Waals surface area contributed by atoms with Crippen LogP contribution in [0.15, 0.2) is 12.3 Å². The van der Waals surface area contributed by atoms with Gasteiger partial charge in [0.25, 0.3) is 0 Å². The summed E-state index contributed by atoms with van der Waals surface area (Å²) in [6, 6.07) is 2.03. The molecule has 0 aliphatic carbocycles. The normalized spacial score (nSPS) is 22.7. The maximum atomic E-state index is 13.1. The van der Waals surface area contributed by atoms with E-state index in [2.05, 4.69) is 15.0 Å². The van der Waals surface area contributed by atoms with E-state index in [1.807, 2.05) is 35.8 Å². The van der Waals surface area contributed by atoms with Crippen molar-refractivity contribution < 1.29 is 14.3 Å². The van der Waals surface area contributed by atoms with Gasteiger partial charge >= 0.3 is 0 Å². The summed E-state index contributed by atoms with van der Waals surface area (Å²) < 4.78 is 13.5. The smallest absolute Gasteiger partial charge is 0.225 e. The molecular weight excluding hydrogens is 370 g/mol. The van der Waals surface area contributed by atoms with E-state index in [0.717, 1.165) is 74.3 Å². The molecular formula is C21H29N5O3. The number of carbonyl (C=O) groups excluding carboxylic acids is 1. The Morgan fingerprint density at radius 2 is 1.83 bits per heavy atom. The molecule has 0 bridgehead atoms. The van der Waals surface area contributed by atoms with Crippen LogP contribution in [0.1, 0.15) is 31.4 Å². The second kappa shape index (κ2) is 7.25. The van der Waals surface area contributed by atoms with Crippen molar-refractivity contribution >= 4 is 22.6 Å². The Morgan fingerprint density at radius 1 is 1.14 bits per heavy atom. The van der Waals surface area contributed by atoms with Crippen molar-refractivity contribution in [3.63, 3.8) is 0 Å². The molecule has 1 amide bonds. The summed E-state index contributed by atoms with van der Waals surface area (Å²) in [7, 11) is 1.97. The van der Waals surface area contributed by atoms with Gasteiger partial charge in [-0.1, -0.05) is 0 Å². The number of piperidine rings is 2. The number of hydrogen-bond acceptors (Lipinski definition) is 6. The third-order valence-corrected chi connectivity index (χ3v) is 6.71. The maximum absolute atomic E-state index is 13.1. The van der Waals surface area contributed by atoms with Crippen LogP contribution >= 0.6 is 0 Å². The first-order chi connectivity index (χ1) is 14.1. The van der Waals surface area contributed by atoms with E-state index in [1.165, 1.54) is 0 Å². The van der Waals surface area contributed by atoms with E-state index >= 15 is 0 Å². The summed E-state index contributed by atoms with van der Waals surface area (Å²) in [6.07, 6.45) is 5.15. The van der Waals surface area contributed by atoms with E-state index in [-0.39, 0.29) is 5.92 Å². The molecule has 3 saturated heterocycles. The van der Waals surface area contributed by atoms with E-state index in [9.17, 15) is 4.79 Å². The molecule has 0 unspecified atom stereocenters. The van der Waals surface area contributed by atoms with Gasteiger partial charge in [-0.25, -0.2) is 4.98 Å². The van der Waals surface area contributed by atoms with Crippen LogP contribution in [0.2, 0.25) is 0 Å². The Balaban J connectivity index is 1.23. The van der Waals surface area contributed by atoms with Gasteiger partial charge in [0.1, 0.15) is 5.52 Å². The molecule has 0 radical (unpaired) electrons. The topological polar surface area (TPSA) is 72.7 Å². The highest BCUT2D eigenvalue weighted by atomic mass is 16.7. The van der Waals surface area contributed by atoms with Gasteiger partial charge in [-0.3, -0.25) is 9.48 Å². The zero-order chi connectivity index (χ0) is 20.0. The molecule has 1 spiro atoms. The molecule has 3 aliphatic rings. The molecule has 8 heteroatoms. The van der Waals surface area contributed by atoms with E-state index in [0.29, 0.717) is 19.1 Å². The quantitative estimate of drug-likeness (QED) is 0.768. The molecule has 5 rings (SSSR count). The van der Waals surface area contributed by atoms with Gasteiger partial charge in [-0.2, -0.15) is 5.10 Å². The van der Waals surface area contributed by atoms with Crippen molar-refractivity contribution in [2.75, 3.05) is 44.3 Å². The van der Waals surface area contributed by atoms with E-state index in [1.54, 1.807) is 0 Å². The van der Waals surface area contributed by atoms with Crippen molar-refractivity contribution in [1.82, 2.24) is 19.7 Å². The molecule has 5 heterocycles. The standard InChI is InChI=1S/C21H29N5O3/c1-15-17-3-8-22-19(18(17)24(2)23-15)25-9-4-16(5-10-25)20(27)26-11-6-21(7-12-26)28-13-14-29-21/h3,8,16H,4-7,9-14H2,1-2H3. The third-order valence-electron chi connectivity index (χ3n) is 6.71. The number of amides is 1. The molecule has 0 N–H and O–H groups in total. The van der Waals surface area contributed by atoms with Gasteiger partial charge in [0.05, 0.1) is 18.9 Å². The molecule has 2 aromatic rings. The largest absolute Gasteiger partial charge is 0.355 e. The highest BCUT2D eigenvalue weighted by Gasteiger charge is 2.42. The predicted molar refractivity (Wildman–Crippen MR) is 109 cm³/mol. The number of aryl methyl sites for hydroxylation is 2. The molecule has 29 heavy (non-hydrogen) atoms. The van der Waals surface area contributed by atoms with Crippen LogP contribution in [0.25, 0.3) is 10.9 Å². The lowest BCUT2D eigenvalue weighted by molar-refractivity contribution is -0.188. The van der Waals surface area contributed by atoms with Gasteiger partial charge in [0, 0.05) is 63.6 Å². The van der Waals surface area contributed by atoms with Crippen molar-refractivity contribution in [3.05, 3.63) is 18.0 Å². The Labute approximate surface area is 170 Å². The Morgan fingerprint density at radius 3 is 2.52 bits per heavy atom. The summed E-state index contributed by atoms with van der Waals surface area (Å²) >= 11 is 0. The SMILES string of the molecule is Cc1nn(C)c2c(N3CCC(C(=O)N4CCC5(CC4)OCCO5)CC3)nccc12. The minimum atomic E-state index is -0.425. The minimum Gasteiger partial charge on any atom is -0.355 e. The summed E-state index contributed by atoms with van der Waals surface area (Å²) in [6.45, 7) is 6.52. The highest BCUT2D eigenvalue weighted by Crippen LogP contribution is 2.33. The zero-order valence-electron chi connectivity index (χ0n) is 17.3. The minimum absolute atomic E-state index is 0.0955. The van der Waals surface area contributed by atoms with Gasteiger partial charge in [0.15, 0.2) is 11.6 Å². The first-order valence-corrected chi connectivity index (χ1v) is 10.7. The Kier molecular flexibility index (Phi) is 4.70. The van der Waals surface area contributed by atoms with Gasteiger partial charge in [0.2, 0.25) is 5.91 Å². The van der Waals surface area contributed by atoms with Crippen LogP contribution in [0.5, 0.6) is 0 Å². The lowest BCUT2D eigenvalue weighted by Crippen LogP contribution is -2.50. The van der Waals surface area contributed by atoms with Crippen molar-refractivity contribution in [3.8, 4) is 0 Å². The molecule has 156 valence electrons. The first kappa shape index (κ1) is 18.8. The maximum Gasteiger partial charge on any atom is 0.225 e. The summed E-state index contributed by atoms with van der Waals surface area (Å²) in [5.41, 5.74) is 2.10. The average Bonchev–Trinajstić information content (AvgIpc) is 3.32. The van der Waals surface area contributed by atoms with Crippen molar-refractivity contribution in [2.24, 2.45) is 13.0 Å². The number of aromatic nitrogens is 3. The van der Waals surface area contributed by atoms with Crippen molar-refractivity contribution in [1.29, 1.82) is 0 Å². The number of rotatable bonds is 2. The van der Waals surface area contributed by atoms with Crippen LogP contribution in [0, 0.1) is 12.8 Å². The monoisotopic (exact) mass is 399 g/mol. The highest BCUT2D eigenvalue weighted by molar-refractivity contribution is 5.91. The fraction of sp³-hybridized carbons (Fsp3) is 0.667. The molecule has 8 nitrogen and oxygen atoms in total. The van der Waals surface area contributed by atoms with Gasteiger partial charge < -0.3 is 19.3 Å². The van der Waals surface area contributed by atoms with Crippen molar-refractivity contribution in [2.45, 2.75) is 38.4 Å². The number of ether oxygens (including phenoxy) is 2.